The third-order valence-corrected chi connectivity index (χ3v) is 2.31. The molecule has 1 rings (SSSR count). The zero-order valence-electron chi connectivity index (χ0n) is 3.60. The molecule has 0 aliphatic carbocycles. The van der Waals surface area contributed by atoms with Gasteiger partial charge in [0.25, 0.3) is 0 Å². The van der Waals surface area contributed by atoms with Crippen LogP contribution >= 0.6 is 15.7 Å². The third kappa shape index (κ3) is 2.07. The molecule has 26 valence electrons. The maximum Gasteiger partial charge on any atom is 1.00 e. The van der Waals surface area contributed by atoms with E-state index >= 15 is 0 Å². The van der Waals surface area contributed by atoms with Crippen molar-refractivity contribution in [2.45, 2.75) is 0 Å². The van der Waals surface area contributed by atoms with Gasteiger partial charge in [0.1, 0.15) is 0 Å². The van der Waals surface area contributed by atoms with E-state index in [2.05, 4.69) is 11.6 Å². The largest absolute Gasteiger partial charge is 1.00 e. The normalized spacial score (nSPS) is 9.33. The summed E-state index contributed by atoms with van der Waals surface area (Å²) in [5, 5.41) is 0. The van der Waals surface area contributed by atoms with Crippen molar-refractivity contribution >= 4 is 15.7 Å². The van der Waals surface area contributed by atoms with Gasteiger partial charge < -0.3 is 0 Å². The summed E-state index contributed by atoms with van der Waals surface area (Å²) in [5.74, 6) is 5.17. The number of rotatable bonds is 0. The first-order chi connectivity index (χ1) is 2.50. The standard InChI is InChI=1S/C3H3P2.Li/c1-2-4-5-3-1;/h1-2,4H;/q-1;+1. The van der Waals surface area contributed by atoms with Crippen LogP contribution in [0.15, 0.2) is 11.9 Å². The van der Waals surface area contributed by atoms with E-state index in [1.807, 2.05) is 6.07 Å². The Balaban J connectivity index is 0.000000250. The zero-order valence-corrected chi connectivity index (χ0v) is 5.50. The first-order valence-electron chi connectivity index (χ1n) is 1.36. The molecule has 0 fully saturated rings. The molecule has 1 aromatic rings. The van der Waals surface area contributed by atoms with Crippen LogP contribution in [-0.2, 0) is 0 Å². The Morgan fingerprint density at radius 3 is 2.67 bits per heavy atom. The van der Waals surface area contributed by atoms with Crippen LogP contribution in [0.4, 0.5) is 0 Å². The van der Waals surface area contributed by atoms with Crippen molar-refractivity contribution in [2.75, 3.05) is 0 Å². The van der Waals surface area contributed by atoms with Gasteiger partial charge in [-0.1, -0.05) is 0 Å². The Kier molecular flexibility index (Phi) is 4.52. The summed E-state index contributed by atoms with van der Waals surface area (Å²) in [6.45, 7) is 0. The van der Waals surface area contributed by atoms with Crippen LogP contribution in [0.3, 0.4) is 0 Å². The molecule has 0 radical (unpaired) electrons. The molecule has 6 heavy (non-hydrogen) atoms. The topological polar surface area (TPSA) is 0 Å². The average Bonchev–Trinajstić information content (AvgIpc) is 1.76. The van der Waals surface area contributed by atoms with Gasteiger partial charge in [0, 0.05) is 0 Å². The summed E-state index contributed by atoms with van der Waals surface area (Å²) in [5.41, 5.74) is 0. The minimum atomic E-state index is 0. The molecule has 0 N–H and O–H groups in total. The van der Waals surface area contributed by atoms with E-state index in [1.165, 1.54) is 7.87 Å². The van der Waals surface area contributed by atoms with E-state index in [-0.39, 0.29) is 18.9 Å². The molecule has 1 atom stereocenters. The maximum absolute atomic E-state index is 3.03. The third-order valence-electron chi connectivity index (χ3n) is 0.362. The minimum Gasteiger partial charge on any atom is -0.225 e. The summed E-state index contributed by atoms with van der Waals surface area (Å²) in [4.78, 5) is 0. The first-order valence-corrected chi connectivity index (χ1v) is 4.17. The molecule has 0 spiro atoms. The van der Waals surface area contributed by atoms with Crippen molar-refractivity contribution in [2.24, 2.45) is 0 Å². The summed E-state index contributed by atoms with van der Waals surface area (Å²) in [6, 6.07) is 1.99. The fraction of sp³-hybridized carbons (Fsp3) is 0. The molecule has 0 aliphatic rings. The molecule has 0 aliphatic heterocycles. The number of hydrogen-bond donors (Lipinski definition) is 0. The second kappa shape index (κ2) is 3.98. The Morgan fingerprint density at radius 1 is 1.67 bits per heavy atom. The first kappa shape index (κ1) is 6.81. The van der Waals surface area contributed by atoms with E-state index in [0.29, 0.717) is 0 Å². The SMILES string of the molecule is [Li+].[c-]1cc[pH]p1. The average molecular weight is 108 g/mol. The van der Waals surface area contributed by atoms with Gasteiger partial charge in [-0.25, -0.2) is 19.7 Å². The van der Waals surface area contributed by atoms with Gasteiger partial charge in [0.2, 0.25) is 0 Å². The van der Waals surface area contributed by atoms with Crippen molar-refractivity contribution in [3.05, 3.63) is 17.7 Å². The summed E-state index contributed by atoms with van der Waals surface area (Å²) in [6.07, 6.45) is 0. The van der Waals surface area contributed by atoms with Crippen molar-refractivity contribution in [3.8, 4) is 0 Å². The second-order valence-electron chi connectivity index (χ2n) is 0.703. The molecule has 0 amide bonds. The molecule has 1 heterocycles. The van der Waals surface area contributed by atoms with E-state index in [0.717, 1.165) is 7.87 Å². The molecule has 0 saturated carbocycles. The molecular formula is C3H3LiP2. The minimum absolute atomic E-state index is 0. The Bertz CT molecular complexity index is 65.3. The van der Waals surface area contributed by atoms with Crippen molar-refractivity contribution in [3.63, 3.8) is 0 Å². The molecule has 3 heteroatoms. The predicted molar refractivity (Wildman–Crippen MR) is 27.3 cm³/mol. The van der Waals surface area contributed by atoms with Gasteiger partial charge in [-0.3, -0.25) is 0 Å². The van der Waals surface area contributed by atoms with Gasteiger partial charge in [-0.15, -0.1) is 0 Å². The second-order valence-corrected chi connectivity index (χ2v) is 3.22. The zero-order chi connectivity index (χ0) is 3.54. The maximum atomic E-state index is 3.03. The summed E-state index contributed by atoms with van der Waals surface area (Å²) < 4.78 is 0. The van der Waals surface area contributed by atoms with Crippen LogP contribution in [0, 0.1) is 5.80 Å². The van der Waals surface area contributed by atoms with Crippen LogP contribution in [0.1, 0.15) is 0 Å². The smallest absolute Gasteiger partial charge is 0.225 e. The van der Waals surface area contributed by atoms with Gasteiger partial charge >= 0.3 is 18.9 Å². The fourth-order valence-corrected chi connectivity index (χ4v) is 1.68. The molecule has 0 saturated heterocycles. The van der Waals surface area contributed by atoms with E-state index < -0.39 is 0 Å². The van der Waals surface area contributed by atoms with Crippen LogP contribution in [0.2, 0.25) is 0 Å². The van der Waals surface area contributed by atoms with E-state index in [9.17, 15) is 0 Å². The Labute approximate surface area is 52.6 Å². The molecule has 1 aromatic heterocycles. The van der Waals surface area contributed by atoms with Gasteiger partial charge in [-0.05, 0) is 0 Å². The van der Waals surface area contributed by atoms with Crippen molar-refractivity contribution in [1.82, 2.24) is 0 Å². The van der Waals surface area contributed by atoms with Crippen LogP contribution in [-0.4, -0.2) is 0 Å². The molecule has 1 unspecified atom stereocenters. The van der Waals surface area contributed by atoms with Crippen LogP contribution in [0.5, 0.6) is 0 Å². The summed E-state index contributed by atoms with van der Waals surface area (Å²) in [7, 11) is 2.35. The quantitative estimate of drug-likeness (QED) is 0.298. The molecular weight excluding hydrogens is 105 g/mol. The Morgan fingerprint density at radius 2 is 2.50 bits per heavy atom. The van der Waals surface area contributed by atoms with Crippen molar-refractivity contribution in [1.29, 1.82) is 0 Å². The van der Waals surface area contributed by atoms with E-state index in [1.54, 1.807) is 0 Å². The van der Waals surface area contributed by atoms with Crippen LogP contribution in [0.25, 0.3) is 0 Å². The van der Waals surface area contributed by atoms with Gasteiger partial charge in [0.15, 0.2) is 0 Å². The fourth-order valence-electron chi connectivity index (χ4n) is 0.186. The van der Waals surface area contributed by atoms with Gasteiger partial charge in [0.05, 0.1) is 0 Å². The molecule has 0 nitrogen and oxygen atoms in total. The Hall–Kier alpha value is 0.807. The monoisotopic (exact) mass is 108 g/mol. The van der Waals surface area contributed by atoms with E-state index in [4.69, 9.17) is 0 Å². The van der Waals surface area contributed by atoms with Crippen LogP contribution < -0.4 is 18.9 Å². The number of hydrogen-bond acceptors (Lipinski definition) is 0. The van der Waals surface area contributed by atoms with Gasteiger partial charge in [-0.2, -0.15) is 13.7 Å². The predicted octanol–water partition coefficient (Wildman–Crippen LogP) is -0.898. The molecule has 0 aromatic carbocycles. The summed E-state index contributed by atoms with van der Waals surface area (Å²) >= 11 is 0. The molecule has 0 bridgehead atoms. The van der Waals surface area contributed by atoms with Crippen molar-refractivity contribution < 1.29 is 18.9 Å².